The number of amides is 2. The summed E-state index contributed by atoms with van der Waals surface area (Å²) in [5.41, 5.74) is 2.44. The Hall–Kier alpha value is -3.40. The topological polar surface area (TPSA) is 165 Å². The predicted molar refractivity (Wildman–Crippen MR) is 202 cm³/mol. The van der Waals surface area contributed by atoms with Crippen molar-refractivity contribution in [3.63, 3.8) is 0 Å². The lowest BCUT2D eigenvalue weighted by atomic mass is 9.74. The average molecular weight is 759 g/mol. The molecule has 14 heteroatoms. The Morgan fingerprint density at radius 2 is 1.74 bits per heavy atom. The number of aliphatic hydroxyl groups excluding tert-OH is 1. The number of hydrogen-bond acceptors (Lipinski definition) is 12. The van der Waals surface area contributed by atoms with Gasteiger partial charge in [-0.2, -0.15) is 0 Å². The molecule has 3 aliphatic rings. The Balaban J connectivity index is 1.73. The third-order valence-corrected chi connectivity index (χ3v) is 11.4. The van der Waals surface area contributed by atoms with E-state index in [-0.39, 0.29) is 36.8 Å². The van der Waals surface area contributed by atoms with E-state index in [4.69, 9.17) is 23.7 Å². The highest BCUT2D eigenvalue weighted by molar-refractivity contribution is 5.89. The fourth-order valence-electron chi connectivity index (χ4n) is 8.52. The van der Waals surface area contributed by atoms with E-state index in [1.54, 1.807) is 46.1 Å². The van der Waals surface area contributed by atoms with Crippen molar-refractivity contribution in [1.29, 1.82) is 0 Å². The van der Waals surface area contributed by atoms with E-state index in [0.29, 0.717) is 24.1 Å². The van der Waals surface area contributed by atoms with Gasteiger partial charge in [-0.05, 0) is 78.7 Å². The largest absolute Gasteiger partial charge is 0.455 e. The van der Waals surface area contributed by atoms with Crippen molar-refractivity contribution in [2.45, 2.75) is 142 Å². The molecule has 54 heavy (non-hydrogen) atoms. The maximum absolute atomic E-state index is 14.6. The van der Waals surface area contributed by atoms with Crippen LogP contribution in [0.15, 0.2) is 35.9 Å². The van der Waals surface area contributed by atoms with E-state index < -0.39 is 71.7 Å². The van der Waals surface area contributed by atoms with Crippen molar-refractivity contribution >= 4 is 29.4 Å². The molecule has 3 aliphatic heterocycles. The molecule has 3 N–H and O–H groups in total. The first-order valence-electron chi connectivity index (χ1n) is 19.0. The lowest BCUT2D eigenvalue weighted by Gasteiger charge is -2.46. The molecule has 2 amide bonds. The van der Waals surface area contributed by atoms with E-state index in [1.807, 2.05) is 65.7 Å². The van der Waals surface area contributed by atoms with Crippen molar-refractivity contribution in [2.75, 3.05) is 26.5 Å². The fourth-order valence-corrected chi connectivity index (χ4v) is 8.52. The number of hydrogen-bond donors (Lipinski definition) is 3. The quantitative estimate of drug-likeness (QED) is 0.301. The molecule has 0 bridgehead atoms. The van der Waals surface area contributed by atoms with Crippen LogP contribution in [0.5, 0.6) is 0 Å². The number of nitrogens with one attached hydrogen (secondary N) is 2. The van der Waals surface area contributed by atoms with Crippen molar-refractivity contribution in [3.8, 4) is 0 Å². The number of aliphatic hydroxyl groups is 1. The molecule has 2 fully saturated rings. The molecule has 1 aromatic rings. The molecule has 4 rings (SSSR count). The highest BCUT2D eigenvalue weighted by Crippen LogP contribution is 2.42. The van der Waals surface area contributed by atoms with Gasteiger partial charge in [0.1, 0.15) is 24.0 Å². The van der Waals surface area contributed by atoms with E-state index in [2.05, 4.69) is 10.7 Å². The van der Waals surface area contributed by atoms with Crippen molar-refractivity contribution in [2.24, 2.45) is 17.8 Å². The van der Waals surface area contributed by atoms with Gasteiger partial charge in [-0.1, -0.05) is 45.9 Å². The van der Waals surface area contributed by atoms with E-state index in [9.17, 15) is 24.3 Å². The van der Waals surface area contributed by atoms with Crippen LogP contribution in [0.3, 0.4) is 0 Å². The summed E-state index contributed by atoms with van der Waals surface area (Å²) < 4.78 is 31.3. The third-order valence-electron chi connectivity index (χ3n) is 11.4. The number of cyclic esters (lactones) is 1. The van der Waals surface area contributed by atoms with Crippen molar-refractivity contribution in [1.82, 2.24) is 15.3 Å². The average Bonchev–Trinajstić information content (AvgIpc) is 3.37. The first-order chi connectivity index (χ1) is 25.3. The van der Waals surface area contributed by atoms with Crippen molar-refractivity contribution in [3.05, 3.63) is 41.5 Å². The van der Waals surface area contributed by atoms with E-state index in [1.165, 1.54) is 11.9 Å². The maximum Gasteiger partial charge on any atom is 0.425 e. The maximum atomic E-state index is 14.6. The van der Waals surface area contributed by atoms with Gasteiger partial charge in [-0.15, -0.1) is 0 Å². The van der Waals surface area contributed by atoms with Gasteiger partial charge in [-0.3, -0.25) is 9.59 Å². The van der Waals surface area contributed by atoms with Crippen LogP contribution in [0.4, 0.5) is 10.5 Å². The summed E-state index contributed by atoms with van der Waals surface area (Å²) in [4.78, 5) is 55.6. The Kier molecular flexibility index (Phi) is 14.1. The molecule has 3 heterocycles. The SMILES string of the molecule is CC[C@H]1OC(=O)/C(C)=C/[C@H](C)[C@@H](O[C@@H]2O[C@H](C)C[C@H](N(C)C)[C@H]2O)[C@](C)(OC)C[C@@H](C)C(=O)[C@H](C)[C@H]2N(NCc3ccc(NC(C)=O)cc3)C(=O)O[C@]12C. The summed E-state index contributed by atoms with van der Waals surface area (Å²) >= 11 is 0. The zero-order valence-electron chi connectivity index (χ0n) is 34.0. The predicted octanol–water partition coefficient (Wildman–Crippen LogP) is 4.59. The Morgan fingerprint density at radius 1 is 1.09 bits per heavy atom. The normalized spacial score (nSPS) is 37.9. The van der Waals surface area contributed by atoms with Crippen LogP contribution in [-0.2, 0) is 44.6 Å². The van der Waals surface area contributed by atoms with Crippen LogP contribution < -0.4 is 10.7 Å². The molecule has 2 saturated heterocycles. The van der Waals surface area contributed by atoms with Gasteiger partial charge in [-0.25, -0.2) is 20.0 Å². The van der Waals surface area contributed by atoms with Gasteiger partial charge in [0.15, 0.2) is 11.9 Å². The van der Waals surface area contributed by atoms with Crippen molar-refractivity contribution < 1.29 is 48.0 Å². The summed E-state index contributed by atoms with van der Waals surface area (Å²) in [6.07, 6.45) is -1.64. The number of Topliss-reactive ketones (excluding diaryl/α,β-unsaturated/α-hetero) is 1. The second kappa shape index (κ2) is 17.6. The molecule has 0 unspecified atom stereocenters. The summed E-state index contributed by atoms with van der Waals surface area (Å²) in [6.45, 7) is 16.1. The first kappa shape index (κ1) is 43.3. The zero-order chi connectivity index (χ0) is 40.3. The number of carbonyl (C=O) groups is 4. The molecule has 0 aromatic heterocycles. The number of benzene rings is 1. The van der Waals surface area contributed by atoms with Gasteiger partial charge in [0, 0.05) is 55.6 Å². The number of rotatable bonds is 9. The number of ketones is 1. The molecule has 0 saturated carbocycles. The van der Waals surface area contributed by atoms with E-state index in [0.717, 1.165) is 5.56 Å². The monoisotopic (exact) mass is 758 g/mol. The smallest absolute Gasteiger partial charge is 0.425 e. The second-order valence-corrected chi connectivity index (χ2v) is 16.0. The number of carbonyl (C=O) groups excluding carboxylic acids is 4. The number of methoxy groups -OCH3 is 1. The van der Waals surface area contributed by atoms with Crippen LogP contribution in [0.2, 0.25) is 0 Å². The minimum atomic E-state index is -1.40. The molecule has 302 valence electrons. The van der Waals surface area contributed by atoms with Gasteiger partial charge in [0.2, 0.25) is 5.91 Å². The Bertz CT molecular complexity index is 1540. The number of esters is 1. The third kappa shape index (κ3) is 9.34. The van der Waals surface area contributed by atoms with E-state index >= 15 is 0 Å². The van der Waals surface area contributed by atoms with Gasteiger partial charge in [0.05, 0.1) is 17.8 Å². The molecule has 0 radical (unpaired) electrons. The Labute approximate surface area is 320 Å². The minimum absolute atomic E-state index is 0.147. The van der Waals surface area contributed by atoms with Gasteiger partial charge < -0.3 is 39.0 Å². The molecule has 0 spiro atoms. The van der Waals surface area contributed by atoms with Crippen LogP contribution in [0, 0.1) is 17.8 Å². The van der Waals surface area contributed by atoms with Gasteiger partial charge >= 0.3 is 12.1 Å². The summed E-state index contributed by atoms with van der Waals surface area (Å²) in [5.74, 6) is -2.78. The number of nitrogens with zero attached hydrogens (tertiary/aromatic N) is 2. The molecule has 1 aromatic carbocycles. The lowest BCUT2D eigenvalue weighted by Crippen LogP contribution is -2.60. The molecule has 0 aliphatic carbocycles. The summed E-state index contributed by atoms with van der Waals surface area (Å²) in [5, 5.41) is 15.5. The highest BCUT2D eigenvalue weighted by atomic mass is 16.7. The number of anilines is 1. The number of hydrazine groups is 1. The number of fused-ring (bicyclic) bond motifs is 1. The van der Waals surface area contributed by atoms with Gasteiger partial charge in [0.25, 0.3) is 0 Å². The second-order valence-electron chi connectivity index (χ2n) is 16.0. The zero-order valence-corrected chi connectivity index (χ0v) is 34.0. The minimum Gasteiger partial charge on any atom is -0.455 e. The standard InChI is InChI=1S/C40H62N4O10/c1-13-31-40(9)34(44(38(49)54-40)41-21-28-14-16-29(17-15-28)42-27(7)45)26(6)32(46)24(4)20-39(8,50-12)35(22(2)18-23(3)36(48)52-31)53-37-33(47)30(43(10)11)19-25(5)51-37/h14-18,22,24-26,30-31,33-35,37,41,47H,13,19-21H2,1-12H3,(H,42,45)/b23-18+/t22-,24+,25+,26-,30-,31+,33+,34+,35+,37-,39+,40+/m0/s1. The van der Waals surface area contributed by atoms with Crippen LogP contribution in [0.1, 0.15) is 87.1 Å². The molecule has 14 nitrogen and oxygen atoms in total. The van der Waals surface area contributed by atoms with Crippen LogP contribution in [0.25, 0.3) is 0 Å². The van der Waals surface area contributed by atoms with Crippen LogP contribution in [-0.4, -0.2) is 114 Å². The number of ether oxygens (including phenoxy) is 5. The number of likely N-dealkylation sites (N-methyl/N-ethyl adjacent to an activating group) is 1. The highest BCUT2D eigenvalue weighted by Gasteiger charge is 2.60. The lowest BCUT2D eigenvalue weighted by molar-refractivity contribution is -0.294. The molecular formula is C40H62N4O10. The fraction of sp³-hybridized carbons (Fsp3) is 0.700. The molecule has 12 atom stereocenters. The Morgan fingerprint density at radius 3 is 2.31 bits per heavy atom. The van der Waals surface area contributed by atoms with Crippen LogP contribution >= 0.6 is 0 Å². The first-order valence-corrected chi connectivity index (χ1v) is 19.0. The summed E-state index contributed by atoms with van der Waals surface area (Å²) in [7, 11) is 5.36. The molecular weight excluding hydrogens is 696 g/mol. The summed E-state index contributed by atoms with van der Waals surface area (Å²) in [6, 6.07) is 6.06.